The molecule has 4 aromatic rings. The van der Waals surface area contributed by atoms with Gasteiger partial charge in [-0.15, -0.1) is 0 Å². The number of morpholine rings is 1. The summed E-state index contributed by atoms with van der Waals surface area (Å²) in [6.45, 7) is 5.47. The third-order valence-corrected chi connectivity index (χ3v) is 7.33. The molecule has 1 saturated heterocycles. The minimum Gasteiger partial charge on any atom is -0.378 e. The average molecular weight is 485 g/mol. The van der Waals surface area contributed by atoms with E-state index >= 15 is 0 Å². The number of carbonyl (C=O) groups excluding carboxylic acids is 1. The maximum absolute atomic E-state index is 13.5. The van der Waals surface area contributed by atoms with Crippen molar-refractivity contribution in [3.63, 3.8) is 0 Å². The maximum atomic E-state index is 13.5. The molecule has 0 bridgehead atoms. The highest BCUT2D eigenvalue weighted by molar-refractivity contribution is 6.09. The number of hydrogen-bond donors (Lipinski definition) is 0. The van der Waals surface area contributed by atoms with E-state index in [1.807, 2.05) is 23.9 Å². The first-order valence-corrected chi connectivity index (χ1v) is 12.8. The van der Waals surface area contributed by atoms with E-state index in [0.717, 1.165) is 72.3 Å². The summed E-state index contributed by atoms with van der Waals surface area (Å²) in [6, 6.07) is 21.8. The van der Waals surface area contributed by atoms with Gasteiger partial charge in [-0.1, -0.05) is 37.3 Å². The Hall–Kier alpha value is -3.44. The lowest BCUT2D eigenvalue weighted by atomic mass is 9.93. The van der Waals surface area contributed by atoms with Crippen LogP contribution >= 0.6 is 0 Å². The molecule has 3 aromatic carbocycles. The summed E-state index contributed by atoms with van der Waals surface area (Å²) in [7, 11) is 1.99. The molecule has 1 fully saturated rings. The quantitative estimate of drug-likeness (QED) is 0.253. The van der Waals surface area contributed by atoms with Crippen LogP contribution in [-0.2, 0) is 11.8 Å². The Balaban J connectivity index is 1.30. The summed E-state index contributed by atoms with van der Waals surface area (Å²) in [4.78, 5) is 15.6. The number of carbonyl (C=O) groups is 1. The van der Waals surface area contributed by atoms with Gasteiger partial charge in [0, 0.05) is 54.9 Å². The molecular formula is C31H33FN2O2. The normalized spacial score (nSPS) is 14.8. The molecule has 4 nitrogen and oxygen atoms in total. The molecule has 0 unspecified atom stereocenters. The number of rotatable bonds is 8. The van der Waals surface area contributed by atoms with Crippen LogP contribution < -0.4 is 4.90 Å². The van der Waals surface area contributed by atoms with Gasteiger partial charge < -0.3 is 14.2 Å². The third-order valence-electron chi connectivity index (χ3n) is 7.33. The Morgan fingerprint density at radius 2 is 1.75 bits per heavy atom. The molecule has 0 amide bonds. The molecule has 36 heavy (non-hydrogen) atoms. The zero-order valence-corrected chi connectivity index (χ0v) is 21.0. The molecule has 5 rings (SSSR count). The highest BCUT2D eigenvalue weighted by Gasteiger charge is 2.16. The number of aromatic nitrogens is 1. The number of ketones is 1. The van der Waals surface area contributed by atoms with Crippen molar-refractivity contribution in [3.8, 4) is 11.1 Å². The monoisotopic (exact) mass is 484 g/mol. The number of benzene rings is 3. The van der Waals surface area contributed by atoms with E-state index in [2.05, 4.69) is 54.3 Å². The van der Waals surface area contributed by atoms with Crippen LogP contribution in [0, 0.1) is 5.82 Å². The van der Waals surface area contributed by atoms with Crippen LogP contribution in [0.5, 0.6) is 0 Å². The topological polar surface area (TPSA) is 34.5 Å². The molecular weight excluding hydrogens is 451 g/mol. The molecule has 0 N–H and O–H groups in total. The van der Waals surface area contributed by atoms with Gasteiger partial charge in [0.25, 0.3) is 0 Å². The summed E-state index contributed by atoms with van der Waals surface area (Å²) in [5.74, 6) is 0.164. The van der Waals surface area contributed by atoms with Gasteiger partial charge in [0.1, 0.15) is 5.82 Å². The fourth-order valence-corrected chi connectivity index (χ4v) is 5.16. The van der Waals surface area contributed by atoms with Crippen LogP contribution in [0.4, 0.5) is 10.1 Å². The highest BCUT2D eigenvalue weighted by Crippen LogP contribution is 2.30. The van der Waals surface area contributed by atoms with E-state index in [1.165, 1.54) is 11.8 Å². The number of ether oxygens (including phenoxy) is 1. The zero-order valence-electron chi connectivity index (χ0n) is 21.0. The zero-order chi connectivity index (χ0) is 25.1. The van der Waals surface area contributed by atoms with E-state index in [1.54, 1.807) is 12.1 Å². The largest absolute Gasteiger partial charge is 0.378 e. The smallest absolute Gasteiger partial charge is 0.165 e. The first-order chi connectivity index (χ1) is 17.5. The molecule has 186 valence electrons. The van der Waals surface area contributed by atoms with Crippen molar-refractivity contribution in [2.75, 3.05) is 31.2 Å². The Morgan fingerprint density at radius 3 is 2.50 bits per heavy atom. The lowest BCUT2D eigenvalue weighted by Crippen LogP contribution is -2.36. The van der Waals surface area contributed by atoms with Gasteiger partial charge in [0.2, 0.25) is 0 Å². The van der Waals surface area contributed by atoms with Crippen molar-refractivity contribution >= 4 is 22.4 Å². The van der Waals surface area contributed by atoms with Gasteiger partial charge in [0.05, 0.1) is 13.2 Å². The molecule has 0 aliphatic carbocycles. The van der Waals surface area contributed by atoms with Gasteiger partial charge >= 0.3 is 0 Å². The fourth-order valence-electron chi connectivity index (χ4n) is 5.16. The van der Waals surface area contributed by atoms with Gasteiger partial charge in [-0.05, 0) is 71.8 Å². The first-order valence-electron chi connectivity index (χ1n) is 12.8. The Kier molecular flexibility index (Phi) is 7.19. The summed E-state index contributed by atoms with van der Waals surface area (Å²) in [5.41, 5.74) is 6.28. The number of fused-ring (bicyclic) bond motifs is 1. The second-order valence-electron chi connectivity index (χ2n) is 9.80. The van der Waals surface area contributed by atoms with Crippen LogP contribution in [0.15, 0.2) is 72.9 Å². The van der Waals surface area contributed by atoms with E-state index in [4.69, 9.17) is 4.74 Å². The molecule has 1 atom stereocenters. The van der Waals surface area contributed by atoms with Gasteiger partial charge in [-0.25, -0.2) is 4.39 Å². The molecule has 1 aliphatic heterocycles. The van der Waals surface area contributed by atoms with Crippen LogP contribution in [-0.4, -0.2) is 36.7 Å². The number of anilines is 1. The second-order valence-corrected chi connectivity index (χ2v) is 9.80. The average Bonchev–Trinajstić information content (AvgIpc) is 3.25. The Bertz CT molecular complexity index is 1350. The summed E-state index contributed by atoms with van der Waals surface area (Å²) in [5, 5.41) is 0.996. The molecule has 2 heterocycles. The van der Waals surface area contributed by atoms with Gasteiger partial charge in [-0.3, -0.25) is 4.79 Å². The summed E-state index contributed by atoms with van der Waals surface area (Å²) >= 11 is 0. The minimum absolute atomic E-state index is 0.159. The number of aryl methyl sites for hydroxylation is 1. The van der Waals surface area contributed by atoms with Crippen molar-refractivity contribution in [2.45, 2.75) is 32.1 Å². The van der Waals surface area contributed by atoms with E-state index in [-0.39, 0.29) is 17.5 Å². The van der Waals surface area contributed by atoms with E-state index in [9.17, 15) is 9.18 Å². The number of halogens is 1. The molecule has 0 saturated carbocycles. The van der Waals surface area contributed by atoms with E-state index in [0.29, 0.717) is 6.42 Å². The fraction of sp³-hybridized carbons (Fsp3) is 0.323. The van der Waals surface area contributed by atoms with Crippen molar-refractivity contribution in [2.24, 2.45) is 7.05 Å². The summed E-state index contributed by atoms with van der Waals surface area (Å²) in [6.07, 6.45) is 4.06. The predicted molar refractivity (Wildman–Crippen MR) is 144 cm³/mol. The third kappa shape index (κ3) is 5.21. The van der Waals surface area contributed by atoms with Crippen LogP contribution in [0.2, 0.25) is 0 Å². The van der Waals surface area contributed by atoms with Crippen molar-refractivity contribution in [1.82, 2.24) is 4.57 Å². The summed E-state index contributed by atoms with van der Waals surface area (Å²) < 4.78 is 21.0. The number of nitrogens with zero attached hydrogens (tertiary/aromatic N) is 2. The maximum Gasteiger partial charge on any atom is 0.165 e. The molecule has 0 radical (unpaired) electrons. The molecule has 1 aliphatic rings. The van der Waals surface area contributed by atoms with Crippen LogP contribution in [0.3, 0.4) is 0 Å². The molecule has 5 heteroatoms. The van der Waals surface area contributed by atoms with Crippen molar-refractivity contribution < 1.29 is 13.9 Å². The second kappa shape index (κ2) is 10.7. The van der Waals surface area contributed by atoms with Crippen molar-refractivity contribution in [3.05, 3.63) is 89.9 Å². The SMILES string of the molecule is C[C@H](CCCC(=O)c1cn(C)c2ccc(-c3ccc(N4CCOCC4)cc3)cc12)c1cccc(F)c1. The molecule has 0 spiro atoms. The Morgan fingerprint density at radius 1 is 1.00 bits per heavy atom. The standard InChI is InChI=1S/C31H33FN2O2/c1-22(24-6-4-7-26(32)19-24)5-3-8-31(35)29-21-33(2)30-14-11-25(20-28(29)30)23-9-12-27(13-10-23)34-15-17-36-18-16-34/h4,6-7,9-14,19-22H,3,5,8,15-18H2,1-2H3/t22-/m1/s1. The first kappa shape index (κ1) is 24.3. The number of Topliss-reactive ketones (excluding diaryl/α,β-unsaturated/α-hetero) is 1. The minimum atomic E-state index is -0.210. The lowest BCUT2D eigenvalue weighted by Gasteiger charge is -2.28. The van der Waals surface area contributed by atoms with Gasteiger partial charge in [0.15, 0.2) is 5.78 Å². The van der Waals surface area contributed by atoms with Crippen molar-refractivity contribution in [1.29, 1.82) is 0 Å². The Labute approximate surface area is 212 Å². The molecule has 1 aromatic heterocycles. The lowest BCUT2D eigenvalue weighted by molar-refractivity contribution is 0.0980. The van der Waals surface area contributed by atoms with E-state index < -0.39 is 0 Å². The van der Waals surface area contributed by atoms with Crippen LogP contribution in [0.1, 0.15) is 48.0 Å². The number of hydrogen-bond acceptors (Lipinski definition) is 3. The predicted octanol–water partition coefficient (Wildman–Crippen LogP) is 6.98. The van der Waals surface area contributed by atoms with Crippen LogP contribution in [0.25, 0.3) is 22.0 Å². The highest BCUT2D eigenvalue weighted by atomic mass is 19.1. The van der Waals surface area contributed by atoms with Gasteiger partial charge in [-0.2, -0.15) is 0 Å².